The summed E-state index contributed by atoms with van der Waals surface area (Å²) in [6.07, 6.45) is 0. The van der Waals surface area contributed by atoms with Gasteiger partial charge in [-0.25, -0.2) is 0 Å². The molecule has 4 heteroatoms. The van der Waals surface area contributed by atoms with Crippen LogP contribution in [-0.4, -0.2) is 0 Å². The summed E-state index contributed by atoms with van der Waals surface area (Å²) in [4.78, 5) is 4.99. The van der Waals surface area contributed by atoms with Crippen molar-refractivity contribution in [2.24, 2.45) is 0 Å². The van der Waals surface area contributed by atoms with E-state index in [1.54, 1.807) is 0 Å². The summed E-state index contributed by atoms with van der Waals surface area (Å²) < 4.78 is 14.2. The van der Waals surface area contributed by atoms with Crippen molar-refractivity contribution in [1.29, 1.82) is 0 Å². The van der Waals surface area contributed by atoms with Crippen molar-refractivity contribution in [3.63, 3.8) is 0 Å². The third-order valence-electron chi connectivity index (χ3n) is 16.0. The maximum atomic E-state index is 7.19. The normalized spacial score (nSPS) is 14.3. The Labute approximate surface area is 420 Å². The summed E-state index contributed by atoms with van der Waals surface area (Å²) in [6, 6.07) is 91.4. The van der Waals surface area contributed by atoms with Crippen LogP contribution in [0.25, 0.3) is 66.1 Å². The third kappa shape index (κ3) is 5.16. The molecular formula is C68H41NO2S. The van der Waals surface area contributed by atoms with E-state index in [1.807, 2.05) is 11.8 Å². The van der Waals surface area contributed by atoms with Gasteiger partial charge in [-0.3, -0.25) is 0 Å². The fraction of sp³-hybridized carbons (Fsp3) is 0.0294. The van der Waals surface area contributed by atoms with Crippen LogP contribution in [-0.2, 0) is 10.8 Å². The number of nitrogens with zero attached hydrogens (tertiary/aromatic N) is 1. The van der Waals surface area contributed by atoms with Crippen molar-refractivity contribution in [3.05, 3.63) is 293 Å². The monoisotopic (exact) mass is 935 g/mol. The Balaban J connectivity index is 0.998. The van der Waals surface area contributed by atoms with Crippen LogP contribution < -0.4 is 4.90 Å². The van der Waals surface area contributed by atoms with Gasteiger partial charge in [0.1, 0.15) is 16.7 Å². The van der Waals surface area contributed by atoms with Crippen LogP contribution in [0.5, 0.6) is 0 Å². The smallest absolute Gasteiger partial charge is 0.159 e. The molecule has 11 aromatic carbocycles. The molecule has 0 fully saturated rings. The molecule has 336 valence electrons. The molecule has 3 nitrogen and oxygen atoms in total. The predicted octanol–water partition coefficient (Wildman–Crippen LogP) is 18.1. The average molecular weight is 936 g/mol. The van der Waals surface area contributed by atoms with Crippen LogP contribution in [0, 0.1) is 0 Å². The first-order valence-electron chi connectivity index (χ1n) is 24.7. The number of para-hydroxylation sites is 2. The number of furan rings is 2. The zero-order chi connectivity index (χ0) is 47.1. The van der Waals surface area contributed by atoms with Gasteiger partial charge in [0.2, 0.25) is 0 Å². The van der Waals surface area contributed by atoms with E-state index in [9.17, 15) is 0 Å². The molecule has 0 N–H and O–H groups in total. The quantitative estimate of drug-likeness (QED) is 0.172. The molecule has 2 aromatic heterocycles. The van der Waals surface area contributed by atoms with Gasteiger partial charge in [0.25, 0.3) is 0 Å². The first-order valence-corrected chi connectivity index (χ1v) is 25.6. The van der Waals surface area contributed by atoms with E-state index < -0.39 is 10.8 Å². The molecule has 0 radical (unpaired) electrons. The highest BCUT2D eigenvalue weighted by molar-refractivity contribution is 7.99. The second-order valence-electron chi connectivity index (χ2n) is 19.4. The molecule has 0 bridgehead atoms. The molecule has 0 atom stereocenters. The Hall–Kier alpha value is -8.83. The summed E-state index contributed by atoms with van der Waals surface area (Å²) in [5, 5.41) is 4.27. The van der Waals surface area contributed by atoms with E-state index in [-0.39, 0.29) is 0 Å². The van der Waals surface area contributed by atoms with Crippen molar-refractivity contribution in [3.8, 4) is 22.3 Å². The van der Waals surface area contributed by atoms with E-state index in [0.717, 1.165) is 60.9 Å². The predicted molar refractivity (Wildman–Crippen MR) is 294 cm³/mol. The Morgan fingerprint density at radius 3 is 1.60 bits per heavy atom. The van der Waals surface area contributed by atoms with Crippen LogP contribution >= 0.6 is 11.8 Å². The summed E-state index contributed by atoms with van der Waals surface area (Å²) >= 11 is 1.87. The molecule has 0 amide bonds. The Morgan fingerprint density at radius 1 is 0.319 bits per heavy atom. The lowest BCUT2D eigenvalue weighted by Crippen LogP contribution is -2.31. The number of hydrogen-bond donors (Lipinski definition) is 0. The Morgan fingerprint density at radius 2 is 0.861 bits per heavy atom. The van der Waals surface area contributed by atoms with E-state index in [1.165, 1.54) is 76.6 Å². The van der Waals surface area contributed by atoms with E-state index in [4.69, 9.17) is 8.83 Å². The highest BCUT2D eigenvalue weighted by Crippen LogP contribution is 2.64. The molecule has 0 unspecified atom stereocenters. The number of benzene rings is 11. The maximum Gasteiger partial charge on any atom is 0.159 e. The summed E-state index contributed by atoms with van der Waals surface area (Å²) in [5.74, 6) is 0. The van der Waals surface area contributed by atoms with Gasteiger partial charge in [-0.15, -0.1) is 0 Å². The molecule has 72 heavy (non-hydrogen) atoms. The van der Waals surface area contributed by atoms with Crippen molar-refractivity contribution < 1.29 is 8.83 Å². The topological polar surface area (TPSA) is 29.5 Å². The first kappa shape index (κ1) is 40.0. The second kappa shape index (κ2) is 14.8. The molecule has 13 aromatic rings. The second-order valence-corrected chi connectivity index (χ2v) is 20.5. The van der Waals surface area contributed by atoms with Gasteiger partial charge in [0.15, 0.2) is 5.58 Å². The largest absolute Gasteiger partial charge is 0.456 e. The number of rotatable bonds is 5. The van der Waals surface area contributed by atoms with Gasteiger partial charge in [0, 0.05) is 31.6 Å². The fourth-order valence-corrected chi connectivity index (χ4v) is 14.4. The van der Waals surface area contributed by atoms with Crippen molar-refractivity contribution in [2.45, 2.75) is 20.6 Å². The minimum absolute atomic E-state index is 0.519. The summed E-state index contributed by atoms with van der Waals surface area (Å²) in [5.41, 5.74) is 20.3. The molecule has 0 saturated carbocycles. The van der Waals surface area contributed by atoms with E-state index in [2.05, 4.69) is 254 Å². The van der Waals surface area contributed by atoms with Crippen LogP contribution in [0.15, 0.2) is 267 Å². The summed E-state index contributed by atoms with van der Waals surface area (Å²) in [7, 11) is 0. The van der Waals surface area contributed by atoms with Gasteiger partial charge in [-0.05, 0) is 127 Å². The standard InChI is InChI=1S/C68H41NO2S/c1-3-19-42(20-4-1)67(43-21-5-2-6-22-43)52-27-10-7-23-45(52)47-38-37-44(39-56(47)67)69(59-32-17-26-49-48-25-9-14-33-60(48)71-66(49)59)58-31-18-34-61-65(58)51-40-50-46-24-8-11-28-53(46)68(57(50)41-62(51)70-61)54-29-12-15-35-63(54)72-64-36-16-13-30-55(64)68/h1-41H. The van der Waals surface area contributed by atoms with Gasteiger partial charge in [0.05, 0.1) is 27.6 Å². The van der Waals surface area contributed by atoms with Crippen molar-refractivity contribution in [1.82, 2.24) is 0 Å². The fourth-order valence-electron chi connectivity index (χ4n) is 13.2. The minimum atomic E-state index is -0.589. The lowest BCUT2D eigenvalue weighted by atomic mass is 9.67. The molecule has 2 aliphatic carbocycles. The lowest BCUT2D eigenvalue weighted by Gasteiger charge is -2.39. The summed E-state index contributed by atoms with van der Waals surface area (Å²) in [6.45, 7) is 0. The number of fused-ring (bicyclic) bond motifs is 18. The Kier molecular flexibility index (Phi) is 8.24. The number of hydrogen-bond acceptors (Lipinski definition) is 4. The molecular weight excluding hydrogens is 895 g/mol. The van der Waals surface area contributed by atoms with Crippen LogP contribution in [0.4, 0.5) is 17.1 Å². The van der Waals surface area contributed by atoms with Gasteiger partial charge in [-0.2, -0.15) is 0 Å². The van der Waals surface area contributed by atoms with Crippen LogP contribution in [0.2, 0.25) is 0 Å². The third-order valence-corrected chi connectivity index (χ3v) is 17.2. The molecule has 0 saturated heterocycles. The van der Waals surface area contributed by atoms with Crippen molar-refractivity contribution in [2.75, 3.05) is 4.90 Å². The maximum absolute atomic E-state index is 7.19. The van der Waals surface area contributed by atoms with Crippen LogP contribution in [0.1, 0.15) is 44.5 Å². The molecule has 1 spiro atoms. The lowest BCUT2D eigenvalue weighted by molar-refractivity contribution is 0.664. The molecule has 16 rings (SSSR count). The molecule has 1 aliphatic heterocycles. The first-order chi connectivity index (χ1) is 35.7. The molecule has 3 aliphatic rings. The Bertz CT molecular complexity index is 4310. The van der Waals surface area contributed by atoms with Crippen LogP contribution in [0.3, 0.4) is 0 Å². The highest BCUT2D eigenvalue weighted by atomic mass is 32.2. The SMILES string of the molecule is c1ccc(C2(c3ccccc3)c3ccccc3-c3ccc(N(c4cccc5c4oc4ccccc45)c4cccc5oc6cc7c(cc6c45)-c4ccccc4C74c5ccccc5Sc5ccccc54)cc32)cc1. The van der Waals surface area contributed by atoms with Gasteiger partial charge in [-0.1, -0.05) is 200 Å². The minimum Gasteiger partial charge on any atom is -0.456 e. The van der Waals surface area contributed by atoms with E-state index in [0.29, 0.717) is 0 Å². The van der Waals surface area contributed by atoms with Gasteiger partial charge >= 0.3 is 0 Å². The zero-order valence-electron chi connectivity index (χ0n) is 38.8. The average Bonchev–Trinajstić information content (AvgIpc) is 4.17. The zero-order valence-corrected chi connectivity index (χ0v) is 39.7. The van der Waals surface area contributed by atoms with Crippen molar-refractivity contribution >= 4 is 72.7 Å². The number of anilines is 3. The highest BCUT2D eigenvalue weighted by Gasteiger charge is 2.51. The van der Waals surface area contributed by atoms with Gasteiger partial charge < -0.3 is 13.7 Å². The molecule has 3 heterocycles. The van der Waals surface area contributed by atoms with E-state index >= 15 is 0 Å².